The van der Waals surface area contributed by atoms with Crippen LogP contribution in [-0.4, -0.2) is 23.0 Å². The predicted octanol–water partition coefficient (Wildman–Crippen LogP) is 3.57. The Morgan fingerprint density at radius 1 is 0.960 bits per heavy atom. The molecule has 0 radical (unpaired) electrons. The maximum atomic E-state index is 12.5. The van der Waals surface area contributed by atoms with Gasteiger partial charge in [0.15, 0.2) is 0 Å². The zero-order valence-corrected chi connectivity index (χ0v) is 13.9. The van der Waals surface area contributed by atoms with E-state index >= 15 is 0 Å². The van der Waals surface area contributed by atoms with Crippen LogP contribution in [0, 0.1) is 6.92 Å². The normalized spacial score (nSPS) is 11.9. The average Bonchev–Trinajstić information content (AvgIpc) is 2.62. The molecule has 0 unspecified atom stereocenters. The van der Waals surface area contributed by atoms with Gasteiger partial charge in [-0.2, -0.15) is 0 Å². The van der Waals surface area contributed by atoms with Crippen molar-refractivity contribution in [2.75, 3.05) is 0 Å². The van der Waals surface area contributed by atoms with Gasteiger partial charge in [0.25, 0.3) is 5.91 Å². The molecular formula is C21H19NO3. The van der Waals surface area contributed by atoms with Crippen LogP contribution in [0.1, 0.15) is 21.5 Å². The van der Waals surface area contributed by atoms with Crippen molar-refractivity contribution < 1.29 is 14.7 Å². The van der Waals surface area contributed by atoms with E-state index in [-0.39, 0.29) is 12.3 Å². The summed E-state index contributed by atoms with van der Waals surface area (Å²) in [5.74, 6) is -1.43. The number of carboxylic acid groups (broad SMARTS) is 1. The molecule has 3 aromatic carbocycles. The van der Waals surface area contributed by atoms with Crippen LogP contribution in [-0.2, 0) is 11.2 Å². The van der Waals surface area contributed by atoms with E-state index < -0.39 is 12.0 Å². The van der Waals surface area contributed by atoms with Gasteiger partial charge in [-0.25, -0.2) is 4.79 Å². The van der Waals surface area contributed by atoms with Crippen molar-refractivity contribution in [3.05, 3.63) is 83.4 Å². The molecule has 0 fully saturated rings. The van der Waals surface area contributed by atoms with E-state index in [9.17, 15) is 14.7 Å². The maximum Gasteiger partial charge on any atom is 0.326 e. The van der Waals surface area contributed by atoms with Crippen molar-refractivity contribution in [3.8, 4) is 0 Å². The summed E-state index contributed by atoms with van der Waals surface area (Å²) in [6.07, 6.45) is 0.245. The molecule has 0 spiro atoms. The Morgan fingerprint density at radius 2 is 1.64 bits per heavy atom. The number of hydrogen-bond acceptors (Lipinski definition) is 2. The number of rotatable bonds is 5. The highest BCUT2D eigenvalue weighted by Gasteiger charge is 2.21. The molecule has 126 valence electrons. The highest BCUT2D eigenvalue weighted by molar-refractivity contribution is 6.00. The lowest BCUT2D eigenvalue weighted by Crippen LogP contribution is -2.42. The lowest BCUT2D eigenvalue weighted by molar-refractivity contribution is -0.139. The largest absolute Gasteiger partial charge is 0.480 e. The summed E-state index contributed by atoms with van der Waals surface area (Å²) in [4.78, 5) is 24.0. The number of carboxylic acids is 1. The first-order valence-corrected chi connectivity index (χ1v) is 8.11. The smallest absolute Gasteiger partial charge is 0.326 e. The van der Waals surface area contributed by atoms with Gasteiger partial charge in [0.05, 0.1) is 0 Å². The van der Waals surface area contributed by atoms with Crippen molar-refractivity contribution in [1.29, 1.82) is 0 Å². The topological polar surface area (TPSA) is 66.4 Å². The number of carbonyl (C=O) groups excluding carboxylic acids is 1. The summed E-state index contributed by atoms with van der Waals surface area (Å²) in [5, 5.41) is 14.0. The van der Waals surface area contributed by atoms with Crippen molar-refractivity contribution in [2.45, 2.75) is 19.4 Å². The number of amides is 1. The molecule has 0 aliphatic rings. The van der Waals surface area contributed by atoms with E-state index in [0.29, 0.717) is 5.56 Å². The highest BCUT2D eigenvalue weighted by Crippen LogP contribution is 2.16. The fourth-order valence-corrected chi connectivity index (χ4v) is 2.73. The minimum Gasteiger partial charge on any atom is -0.480 e. The van der Waals surface area contributed by atoms with Crippen LogP contribution in [0.15, 0.2) is 66.7 Å². The monoisotopic (exact) mass is 333 g/mol. The van der Waals surface area contributed by atoms with Gasteiger partial charge >= 0.3 is 5.97 Å². The van der Waals surface area contributed by atoms with E-state index in [0.717, 1.165) is 21.9 Å². The standard InChI is InChI=1S/C21H19NO3/c1-14-6-8-15(9-7-14)12-19(21(24)25)22-20(23)18-11-10-16-4-2-3-5-17(16)13-18/h2-11,13,19H,12H2,1H3,(H,22,23)(H,24,25)/t19-/m1/s1. The number of hydrogen-bond donors (Lipinski definition) is 2. The van der Waals surface area contributed by atoms with E-state index in [4.69, 9.17) is 0 Å². The van der Waals surface area contributed by atoms with Gasteiger partial charge in [-0.3, -0.25) is 4.79 Å². The summed E-state index contributed by atoms with van der Waals surface area (Å²) < 4.78 is 0. The Morgan fingerprint density at radius 3 is 2.32 bits per heavy atom. The van der Waals surface area contributed by atoms with Crippen molar-refractivity contribution in [2.24, 2.45) is 0 Å². The van der Waals surface area contributed by atoms with Gasteiger partial charge in [0.1, 0.15) is 6.04 Å². The number of aryl methyl sites for hydroxylation is 1. The van der Waals surface area contributed by atoms with Crippen molar-refractivity contribution in [1.82, 2.24) is 5.32 Å². The van der Waals surface area contributed by atoms with Gasteiger partial charge < -0.3 is 10.4 Å². The Balaban J connectivity index is 1.77. The summed E-state index contributed by atoms with van der Waals surface area (Å²) >= 11 is 0. The molecule has 2 N–H and O–H groups in total. The third-order valence-electron chi connectivity index (χ3n) is 4.18. The quantitative estimate of drug-likeness (QED) is 0.750. The molecule has 0 heterocycles. The number of carbonyl (C=O) groups is 2. The minimum absolute atomic E-state index is 0.245. The van der Waals surface area contributed by atoms with E-state index in [1.807, 2.05) is 61.5 Å². The third-order valence-corrected chi connectivity index (χ3v) is 4.18. The van der Waals surface area contributed by atoms with Gasteiger partial charge in [-0.05, 0) is 35.4 Å². The lowest BCUT2D eigenvalue weighted by Gasteiger charge is -2.15. The zero-order valence-electron chi connectivity index (χ0n) is 13.9. The van der Waals surface area contributed by atoms with Crippen LogP contribution < -0.4 is 5.32 Å². The van der Waals surface area contributed by atoms with E-state index in [2.05, 4.69) is 5.32 Å². The van der Waals surface area contributed by atoms with Crippen LogP contribution in [0.5, 0.6) is 0 Å². The summed E-state index contributed by atoms with van der Waals surface area (Å²) in [7, 11) is 0. The molecule has 0 aromatic heterocycles. The van der Waals surface area contributed by atoms with Crippen LogP contribution in [0.3, 0.4) is 0 Å². The third kappa shape index (κ3) is 4.04. The molecule has 1 atom stereocenters. The molecular weight excluding hydrogens is 314 g/mol. The lowest BCUT2D eigenvalue weighted by atomic mass is 10.0. The Labute approximate surface area is 146 Å². The zero-order chi connectivity index (χ0) is 17.8. The van der Waals surface area contributed by atoms with Gasteiger partial charge in [-0.15, -0.1) is 0 Å². The molecule has 0 aliphatic carbocycles. The molecule has 4 nitrogen and oxygen atoms in total. The highest BCUT2D eigenvalue weighted by atomic mass is 16.4. The average molecular weight is 333 g/mol. The predicted molar refractivity (Wildman–Crippen MR) is 97.7 cm³/mol. The molecule has 0 aliphatic heterocycles. The summed E-state index contributed by atoms with van der Waals surface area (Å²) in [6, 6.07) is 19.7. The molecule has 4 heteroatoms. The van der Waals surface area contributed by atoms with Crippen LogP contribution in [0.25, 0.3) is 10.8 Å². The van der Waals surface area contributed by atoms with Gasteiger partial charge in [0.2, 0.25) is 0 Å². The number of fused-ring (bicyclic) bond motifs is 1. The van der Waals surface area contributed by atoms with Gasteiger partial charge in [0, 0.05) is 12.0 Å². The van der Waals surface area contributed by atoms with Crippen LogP contribution >= 0.6 is 0 Å². The summed E-state index contributed by atoms with van der Waals surface area (Å²) in [6.45, 7) is 1.97. The first-order valence-electron chi connectivity index (χ1n) is 8.11. The number of benzene rings is 3. The molecule has 0 saturated heterocycles. The number of aliphatic carboxylic acids is 1. The first kappa shape index (κ1) is 16.7. The first-order chi connectivity index (χ1) is 12.0. The summed E-state index contributed by atoms with van der Waals surface area (Å²) in [5.41, 5.74) is 2.43. The fraction of sp³-hybridized carbons (Fsp3) is 0.143. The Bertz CT molecular complexity index is 916. The van der Waals surface area contributed by atoms with Crippen LogP contribution in [0.4, 0.5) is 0 Å². The minimum atomic E-state index is -1.05. The Hall–Kier alpha value is -3.14. The number of nitrogens with one attached hydrogen (secondary N) is 1. The second-order valence-electron chi connectivity index (χ2n) is 6.12. The maximum absolute atomic E-state index is 12.5. The molecule has 1 amide bonds. The van der Waals surface area contributed by atoms with Gasteiger partial charge in [-0.1, -0.05) is 60.2 Å². The fourth-order valence-electron chi connectivity index (χ4n) is 2.73. The second kappa shape index (κ2) is 7.18. The SMILES string of the molecule is Cc1ccc(C[C@@H](NC(=O)c2ccc3ccccc3c2)C(=O)O)cc1. The van der Waals surface area contributed by atoms with E-state index in [1.165, 1.54) is 0 Å². The second-order valence-corrected chi connectivity index (χ2v) is 6.12. The molecule has 25 heavy (non-hydrogen) atoms. The van der Waals surface area contributed by atoms with Crippen molar-refractivity contribution in [3.63, 3.8) is 0 Å². The molecule has 0 bridgehead atoms. The molecule has 3 rings (SSSR count). The Kier molecular flexibility index (Phi) is 4.80. The van der Waals surface area contributed by atoms with Crippen LogP contribution in [0.2, 0.25) is 0 Å². The molecule has 0 saturated carbocycles. The molecule has 3 aromatic rings. The van der Waals surface area contributed by atoms with E-state index in [1.54, 1.807) is 12.1 Å². The van der Waals surface area contributed by atoms with Crippen molar-refractivity contribution >= 4 is 22.6 Å².